The molecular formula is C20H31N3O2. The van der Waals surface area contributed by atoms with Crippen molar-refractivity contribution in [1.82, 2.24) is 10.2 Å². The number of hydrogen-bond acceptors (Lipinski definition) is 4. The number of nitrogens with two attached hydrogens (primary N) is 1. The molecule has 5 nitrogen and oxygen atoms in total. The predicted octanol–water partition coefficient (Wildman–Crippen LogP) is 1.73. The minimum absolute atomic E-state index is 0.146. The van der Waals surface area contributed by atoms with Gasteiger partial charge < -0.3 is 15.8 Å². The van der Waals surface area contributed by atoms with E-state index < -0.39 is 5.54 Å². The van der Waals surface area contributed by atoms with Crippen LogP contribution in [-0.4, -0.2) is 49.6 Å². The lowest BCUT2D eigenvalue weighted by Gasteiger charge is -2.49. The topological polar surface area (TPSA) is 67.6 Å². The van der Waals surface area contributed by atoms with Gasteiger partial charge in [-0.2, -0.15) is 0 Å². The number of aryl methyl sites for hydroxylation is 1. The van der Waals surface area contributed by atoms with Crippen LogP contribution in [0.3, 0.4) is 0 Å². The minimum atomic E-state index is -0.530. The van der Waals surface area contributed by atoms with Crippen LogP contribution in [0.1, 0.15) is 37.3 Å². The van der Waals surface area contributed by atoms with Gasteiger partial charge in [-0.05, 0) is 54.9 Å². The Kier molecular flexibility index (Phi) is 5.64. The molecule has 1 saturated heterocycles. The molecule has 1 aromatic carbocycles. The van der Waals surface area contributed by atoms with Crippen LogP contribution in [0.15, 0.2) is 18.2 Å². The summed E-state index contributed by atoms with van der Waals surface area (Å²) in [5.74, 6) is 1.01. The van der Waals surface area contributed by atoms with Crippen LogP contribution in [0.4, 0.5) is 0 Å². The summed E-state index contributed by atoms with van der Waals surface area (Å²) in [5.41, 5.74) is 8.23. The third-order valence-corrected chi connectivity index (χ3v) is 6.06. The summed E-state index contributed by atoms with van der Waals surface area (Å²) in [6, 6.07) is 6.33. The second-order valence-electron chi connectivity index (χ2n) is 7.35. The number of primary amides is 1. The molecular weight excluding hydrogens is 314 g/mol. The summed E-state index contributed by atoms with van der Waals surface area (Å²) in [7, 11) is 1.70. The van der Waals surface area contributed by atoms with Crippen molar-refractivity contribution in [2.45, 2.75) is 44.6 Å². The van der Waals surface area contributed by atoms with Crippen LogP contribution in [0.5, 0.6) is 5.75 Å². The Morgan fingerprint density at radius 1 is 1.36 bits per heavy atom. The number of methoxy groups -OCH3 is 1. The van der Waals surface area contributed by atoms with Crippen molar-refractivity contribution >= 4 is 5.91 Å². The zero-order valence-corrected chi connectivity index (χ0v) is 15.5. The molecule has 2 aliphatic rings. The molecule has 25 heavy (non-hydrogen) atoms. The number of hydrogen-bond donors (Lipinski definition) is 2. The van der Waals surface area contributed by atoms with E-state index >= 15 is 0 Å². The molecule has 2 unspecified atom stereocenters. The largest absolute Gasteiger partial charge is 0.497 e. The van der Waals surface area contributed by atoms with E-state index in [9.17, 15) is 4.79 Å². The van der Waals surface area contributed by atoms with E-state index in [0.29, 0.717) is 0 Å². The van der Waals surface area contributed by atoms with Crippen molar-refractivity contribution < 1.29 is 9.53 Å². The van der Waals surface area contributed by atoms with Crippen molar-refractivity contribution in [3.63, 3.8) is 0 Å². The van der Waals surface area contributed by atoms with Gasteiger partial charge in [0.2, 0.25) is 5.91 Å². The molecule has 1 aliphatic carbocycles. The summed E-state index contributed by atoms with van der Waals surface area (Å²) >= 11 is 0. The number of piperazine rings is 1. The standard InChI is InChI=1S/C20H31N3O2/c1-3-8-20(19(21)24,23-11-9-22-10-12-23)17-6-4-15-5-7-18(25-2)14-16(15)13-17/h5,7,14,17,22H,3-4,6,8-13H2,1-2H3,(H2,21,24). The molecule has 3 N–H and O–H groups in total. The molecule has 1 heterocycles. The monoisotopic (exact) mass is 345 g/mol. The lowest BCUT2D eigenvalue weighted by molar-refractivity contribution is -0.136. The maximum absolute atomic E-state index is 12.8. The summed E-state index contributed by atoms with van der Waals surface area (Å²) in [6.45, 7) is 5.79. The first-order valence-corrected chi connectivity index (χ1v) is 9.53. The molecule has 0 bridgehead atoms. The third-order valence-electron chi connectivity index (χ3n) is 6.06. The number of fused-ring (bicyclic) bond motifs is 1. The number of benzene rings is 1. The third kappa shape index (κ3) is 3.40. The van der Waals surface area contributed by atoms with Gasteiger partial charge in [-0.3, -0.25) is 9.69 Å². The molecule has 138 valence electrons. The molecule has 1 aliphatic heterocycles. The molecule has 1 fully saturated rings. The van der Waals surface area contributed by atoms with Gasteiger partial charge in [0.1, 0.15) is 11.3 Å². The van der Waals surface area contributed by atoms with E-state index in [0.717, 1.165) is 64.0 Å². The predicted molar refractivity (Wildman–Crippen MR) is 99.8 cm³/mol. The molecule has 0 aromatic heterocycles. The number of amides is 1. The Hall–Kier alpha value is -1.59. The number of carbonyl (C=O) groups is 1. The second-order valence-corrected chi connectivity index (χ2v) is 7.35. The summed E-state index contributed by atoms with van der Waals surface area (Å²) in [5, 5.41) is 3.39. The van der Waals surface area contributed by atoms with Crippen molar-refractivity contribution in [2.75, 3.05) is 33.3 Å². The van der Waals surface area contributed by atoms with Gasteiger partial charge >= 0.3 is 0 Å². The van der Waals surface area contributed by atoms with Crippen molar-refractivity contribution in [3.8, 4) is 5.75 Å². The highest BCUT2D eigenvalue weighted by molar-refractivity contribution is 5.85. The molecule has 0 radical (unpaired) electrons. The fraction of sp³-hybridized carbons (Fsp3) is 0.650. The Labute approximate surface area is 150 Å². The Morgan fingerprint density at radius 3 is 2.76 bits per heavy atom. The number of nitrogens with one attached hydrogen (secondary N) is 1. The molecule has 0 spiro atoms. The van der Waals surface area contributed by atoms with Crippen molar-refractivity contribution in [2.24, 2.45) is 11.7 Å². The van der Waals surface area contributed by atoms with Gasteiger partial charge in [0.15, 0.2) is 0 Å². The molecule has 1 aromatic rings. The summed E-state index contributed by atoms with van der Waals surface area (Å²) in [6.07, 6.45) is 4.74. The maximum atomic E-state index is 12.8. The van der Waals surface area contributed by atoms with Crippen LogP contribution in [0.2, 0.25) is 0 Å². The highest BCUT2D eigenvalue weighted by Gasteiger charge is 2.49. The van der Waals surface area contributed by atoms with Crippen molar-refractivity contribution in [3.05, 3.63) is 29.3 Å². The van der Waals surface area contributed by atoms with Crippen LogP contribution in [-0.2, 0) is 17.6 Å². The molecule has 3 rings (SSSR count). The maximum Gasteiger partial charge on any atom is 0.238 e. The van der Waals surface area contributed by atoms with E-state index in [-0.39, 0.29) is 11.8 Å². The quantitative estimate of drug-likeness (QED) is 0.824. The fourth-order valence-corrected chi connectivity index (χ4v) is 4.81. The second kappa shape index (κ2) is 7.75. The van der Waals surface area contributed by atoms with Crippen LogP contribution < -0.4 is 15.8 Å². The van der Waals surface area contributed by atoms with E-state index in [1.54, 1.807) is 7.11 Å². The Balaban J connectivity index is 1.94. The first-order chi connectivity index (χ1) is 12.1. The first-order valence-electron chi connectivity index (χ1n) is 9.53. The summed E-state index contributed by atoms with van der Waals surface area (Å²) < 4.78 is 5.40. The molecule has 5 heteroatoms. The summed E-state index contributed by atoms with van der Waals surface area (Å²) in [4.78, 5) is 15.1. The van der Waals surface area contributed by atoms with Gasteiger partial charge in [0.25, 0.3) is 0 Å². The SMILES string of the molecule is CCCC(C(N)=O)(C1CCc2ccc(OC)cc2C1)N1CCNCC1. The highest BCUT2D eigenvalue weighted by Crippen LogP contribution is 2.40. The zero-order valence-electron chi connectivity index (χ0n) is 15.5. The Morgan fingerprint density at radius 2 is 2.12 bits per heavy atom. The number of carbonyl (C=O) groups excluding carboxylic acids is 1. The average Bonchev–Trinajstić information content (AvgIpc) is 2.65. The van der Waals surface area contributed by atoms with Gasteiger partial charge in [0, 0.05) is 26.2 Å². The van der Waals surface area contributed by atoms with E-state index in [1.165, 1.54) is 11.1 Å². The first kappa shape index (κ1) is 18.2. The van der Waals surface area contributed by atoms with Gasteiger partial charge in [-0.25, -0.2) is 0 Å². The average molecular weight is 345 g/mol. The molecule has 2 atom stereocenters. The van der Waals surface area contributed by atoms with Crippen LogP contribution >= 0.6 is 0 Å². The lowest BCUT2D eigenvalue weighted by Crippen LogP contribution is -2.66. The van der Waals surface area contributed by atoms with E-state index in [2.05, 4.69) is 29.3 Å². The van der Waals surface area contributed by atoms with E-state index in [1.807, 2.05) is 6.07 Å². The normalized spacial score (nSPS) is 23.5. The van der Waals surface area contributed by atoms with Gasteiger partial charge in [0.05, 0.1) is 7.11 Å². The van der Waals surface area contributed by atoms with Crippen LogP contribution in [0, 0.1) is 5.92 Å². The number of nitrogens with zero attached hydrogens (tertiary/aromatic N) is 1. The van der Waals surface area contributed by atoms with Gasteiger partial charge in [-0.1, -0.05) is 19.4 Å². The zero-order chi connectivity index (χ0) is 17.9. The smallest absolute Gasteiger partial charge is 0.238 e. The fourth-order valence-electron chi connectivity index (χ4n) is 4.81. The van der Waals surface area contributed by atoms with Crippen molar-refractivity contribution in [1.29, 1.82) is 0 Å². The number of ether oxygens (including phenoxy) is 1. The minimum Gasteiger partial charge on any atom is -0.497 e. The van der Waals surface area contributed by atoms with E-state index in [4.69, 9.17) is 10.5 Å². The lowest BCUT2D eigenvalue weighted by atomic mass is 9.69. The molecule has 1 amide bonds. The highest BCUT2D eigenvalue weighted by atomic mass is 16.5. The van der Waals surface area contributed by atoms with Gasteiger partial charge in [-0.15, -0.1) is 0 Å². The number of rotatable bonds is 6. The molecule has 0 saturated carbocycles. The Bertz CT molecular complexity index is 613. The van der Waals surface area contributed by atoms with Crippen LogP contribution in [0.25, 0.3) is 0 Å².